The summed E-state index contributed by atoms with van der Waals surface area (Å²) in [6.07, 6.45) is 3.30. The number of rotatable bonds is 4. The van der Waals surface area contributed by atoms with E-state index in [1.54, 1.807) is 0 Å². The van der Waals surface area contributed by atoms with Crippen LogP contribution >= 0.6 is 0 Å². The summed E-state index contributed by atoms with van der Waals surface area (Å²) in [5, 5.41) is 11.5. The lowest BCUT2D eigenvalue weighted by Gasteiger charge is -2.21. The van der Waals surface area contributed by atoms with Gasteiger partial charge >= 0.3 is 0 Å². The van der Waals surface area contributed by atoms with Crippen molar-refractivity contribution in [2.75, 3.05) is 0 Å². The number of aromatic nitrogens is 2. The molecule has 1 aromatic rings. The molecule has 0 aromatic carbocycles. The van der Waals surface area contributed by atoms with Crippen LogP contribution in [0.1, 0.15) is 50.9 Å². The predicted molar refractivity (Wildman–Crippen MR) is 74.5 cm³/mol. The summed E-state index contributed by atoms with van der Waals surface area (Å²) in [6.45, 7) is 3.77. The lowest BCUT2D eigenvalue weighted by molar-refractivity contribution is -0.124. The highest BCUT2D eigenvalue weighted by molar-refractivity contribution is 5.90. The fraction of sp³-hybridized carbons (Fsp3) is 0.643. The molecule has 6 nitrogen and oxygen atoms in total. The molecule has 1 amide bonds. The standard InChI is InChI=1S/C14H21N5O/c1-12(2,15)9-3-4-10(19-18-9)14(7-8-14)17-11(20)13(16)5-6-13/h3-4H,5-8,15-16H2,1-2H3,(H,17,20). The first kappa shape index (κ1) is 13.5. The van der Waals surface area contributed by atoms with E-state index in [9.17, 15) is 4.79 Å². The van der Waals surface area contributed by atoms with Gasteiger partial charge in [0.2, 0.25) is 5.91 Å². The predicted octanol–water partition coefficient (Wildman–Crippen LogP) is 0.267. The molecule has 2 fully saturated rings. The summed E-state index contributed by atoms with van der Waals surface area (Å²) in [4.78, 5) is 12.1. The van der Waals surface area contributed by atoms with Gasteiger partial charge in [-0.05, 0) is 51.7 Å². The smallest absolute Gasteiger partial charge is 0.240 e. The Morgan fingerprint density at radius 2 is 1.90 bits per heavy atom. The summed E-state index contributed by atoms with van der Waals surface area (Å²) in [5.74, 6) is -0.0694. The third kappa shape index (κ3) is 2.29. The van der Waals surface area contributed by atoms with Gasteiger partial charge < -0.3 is 16.8 Å². The van der Waals surface area contributed by atoms with Gasteiger partial charge in [0, 0.05) is 0 Å². The van der Waals surface area contributed by atoms with Gasteiger partial charge in [-0.3, -0.25) is 4.79 Å². The summed E-state index contributed by atoms with van der Waals surface area (Å²) in [6, 6.07) is 3.78. The number of carbonyl (C=O) groups excluding carboxylic acids is 1. The molecule has 3 rings (SSSR count). The quantitative estimate of drug-likeness (QED) is 0.731. The first-order chi connectivity index (χ1) is 9.25. The molecule has 2 aliphatic carbocycles. The SMILES string of the molecule is CC(C)(N)c1ccc(C2(NC(=O)C3(N)CC3)CC2)nn1. The molecule has 0 spiro atoms. The zero-order chi connectivity index (χ0) is 14.6. The Bertz CT molecular complexity index is 538. The molecular weight excluding hydrogens is 254 g/mol. The Kier molecular flexibility index (Phi) is 2.68. The van der Waals surface area contributed by atoms with Gasteiger partial charge in [0.1, 0.15) is 0 Å². The van der Waals surface area contributed by atoms with Gasteiger partial charge in [0.15, 0.2) is 0 Å². The van der Waals surface area contributed by atoms with E-state index in [0.717, 1.165) is 37.1 Å². The molecule has 0 radical (unpaired) electrons. The van der Waals surface area contributed by atoms with Gasteiger partial charge in [-0.25, -0.2) is 0 Å². The molecule has 2 aliphatic rings. The molecule has 0 aliphatic heterocycles. The van der Waals surface area contributed by atoms with Crippen molar-refractivity contribution < 1.29 is 4.79 Å². The van der Waals surface area contributed by atoms with E-state index < -0.39 is 11.1 Å². The maximum absolute atomic E-state index is 12.1. The van der Waals surface area contributed by atoms with E-state index in [2.05, 4.69) is 15.5 Å². The van der Waals surface area contributed by atoms with Crippen molar-refractivity contribution in [3.8, 4) is 0 Å². The molecule has 0 atom stereocenters. The second kappa shape index (κ2) is 3.99. The largest absolute Gasteiger partial charge is 0.343 e. The van der Waals surface area contributed by atoms with E-state index in [1.807, 2.05) is 26.0 Å². The molecule has 6 heteroatoms. The van der Waals surface area contributed by atoms with Crippen LogP contribution in [0.3, 0.4) is 0 Å². The summed E-state index contributed by atoms with van der Waals surface area (Å²) < 4.78 is 0. The number of nitrogens with two attached hydrogens (primary N) is 2. The van der Waals surface area contributed by atoms with E-state index in [1.165, 1.54) is 0 Å². The van der Waals surface area contributed by atoms with Gasteiger partial charge in [-0.2, -0.15) is 10.2 Å². The average molecular weight is 275 g/mol. The molecular formula is C14H21N5O. The van der Waals surface area contributed by atoms with Crippen LogP contribution in [-0.4, -0.2) is 21.6 Å². The summed E-state index contributed by atoms with van der Waals surface area (Å²) in [7, 11) is 0. The zero-order valence-electron chi connectivity index (χ0n) is 11.9. The Morgan fingerprint density at radius 1 is 1.25 bits per heavy atom. The van der Waals surface area contributed by atoms with Crippen LogP contribution in [0.5, 0.6) is 0 Å². The van der Waals surface area contributed by atoms with E-state index >= 15 is 0 Å². The Balaban J connectivity index is 1.77. The Hall–Kier alpha value is -1.53. The van der Waals surface area contributed by atoms with Gasteiger partial charge in [0.05, 0.1) is 28.0 Å². The van der Waals surface area contributed by atoms with Crippen molar-refractivity contribution in [2.24, 2.45) is 11.5 Å². The lowest BCUT2D eigenvalue weighted by atomic mass is 10.0. The summed E-state index contributed by atoms with van der Waals surface area (Å²) >= 11 is 0. The first-order valence-corrected chi connectivity index (χ1v) is 7.00. The first-order valence-electron chi connectivity index (χ1n) is 7.00. The highest BCUT2D eigenvalue weighted by atomic mass is 16.2. The fourth-order valence-corrected chi connectivity index (χ4v) is 2.20. The zero-order valence-corrected chi connectivity index (χ0v) is 11.9. The fourth-order valence-electron chi connectivity index (χ4n) is 2.20. The van der Waals surface area contributed by atoms with Crippen molar-refractivity contribution in [1.82, 2.24) is 15.5 Å². The van der Waals surface area contributed by atoms with Crippen molar-refractivity contribution in [2.45, 2.75) is 56.1 Å². The number of nitrogens with one attached hydrogen (secondary N) is 1. The maximum atomic E-state index is 12.1. The third-order valence-electron chi connectivity index (χ3n) is 4.16. The second-order valence-electron chi connectivity index (χ2n) is 6.72. The Morgan fingerprint density at radius 3 is 2.30 bits per heavy atom. The number of nitrogens with zero attached hydrogens (tertiary/aromatic N) is 2. The number of carbonyl (C=O) groups is 1. The van der Waals surface area contributed by atoms with Crippen LogP contribution in [0.4, 0.5) is 0 Å². The van der Waals surface area contributed by atoms with Crippen LogP contribution in [0, 0.1) is 0 Å². The minimum Gasteiger partial charge on any atom is -0.343 e. The second-order valence-corrected chi connectivity index (χ2v) is 6.72. The van der Waals surface area contributed by atoms with Crippen molar-refractivity contribution >= 4 is 5.91 Å². The van der Waals surface area contributed by atoms with Crippen LogP contribution < -0.4 is 16.8 Å². The van der Waals surface area contributed by atoms with Crippen molar-refractivity contribution in [3.63, 3.8) is 0 Å². The molecule has 0 saturated heterocycles. The van der Waals surface area contributed by atoms with Gasteiger partial charge in [0.25, 0.3) is 0 Å². The molecule has 1 aromatic heterocycles. The van der Waals surface area contributed by atoms with Crippen LogP contribution in [0.15, 0.2) is 12.1 Å². The number of hydrogen-bond donors (Lipinski definition) is 3. The molecule has 20 heavy (non-hydrogen) atoms. The minimum absolute atomic E-state index is 0.0694. The Labute approximate surface area is 118 Å². The number of hydrogen-bond acceptors (Lipinski definition) is 5. The average Bonchev–Trinajstić information content (AvgIpc) is 3.27. The molecule has 1 heterocycles. The van der Waals surface area contributed by atoms with E-state index in [-0.39, 0.29) is 11.4 Å². The molecule has 2 saturated carbocycles. The summed E-state index contributed by atoms with van der Waals surface area (Å²) in [5.41, 5.74) is 11.9. The number of amides is 1. The lowest BCUT2D eigenvalue weighted by Crippen LogP contribution is -2.47. The van der Waals surface area contributed by atoms with Crippen LogP contribution in [-0.2, 0) is 15.9 Å². The molecule has 0 bridgehead atoms. The van der Waals surface area contributed by atoms with Crippen molar-refractivity contribution in [1.29, 1.82) is 0 Å². The maximum Gasteiger partial charge on any atom is 0.240 e. The minimum atomic E-state index is -0.651. The van der Waals surface area contributed by atoms with Gasteiger partial charge in [-0.1, -0.05) is 0 Å². The van der Waals surface area contributed by atoms with Crippen LogP contribution in [0.2, 0.25) is 0 Å². The molecule has 0 unspecified atom stereocenters. The third-order valence-corrected chi connectivity index (χ3v) is 4.16. The molecule has 5 N–H and O–H groups in total. The normalized spacial score (nSPS) is 22.2. The van der Waals surface area contributed by atoms with Crippen LogP contribution in [0.25, 0.3) is 0 Å². The highest BCUT2D eigenvalue weighted by Gasteiger charge is 2.53. The van der Waals surface area contributed by atoms with E-state index in [4.69, 9.17) is 11.5 Å². The highest BCUT2D eigenvalue weighted by Crippen LogP contribution is 2.46. The van der Waals surface area contributed by atoms with E-state index in [0.29, 0.717) is 0 Å². The van der Waals surface area contributed by atoms with Crippen molar-refractivity contribution in [3.05, 3.63) is 23.5 Å². The monoisotopic (exact) mass is 275 g/mol. The topological polar surface area (TPSA) is 107 Å². The molecule has 108 valence electrons. The van der Waals surface area contributed by atoms with Gasteiger partial charge in [-0.15, -0.1) is 0 Å².